The fraction of sp³-hybridized carbons (Fsp3) is 0.100. The van der Waals surface area contributed by atoms with Crippen molar-refractivity contribution < 1.29 is 8.78 Å². The van der Waals surface area contributed by atoms with E-state index in [0.29, 0.717) is 33.6 Å². The minimum atomic E-state index is -0.353. The van der Waals surface area contributed by atoms with Gasteiger partial charge in [0.05, 0.1) is 23.8 Å². The number of halogens is 3. The van der Waals surface area contributed by atoms with Gasteiger partial charge >= 0.3 is 0 Å². The van der Waals surface area contributed by atoms with Gasteiger partial charge in [-0.15, -0.1) is 0 Å². The summed E-state index contributed by atoms with van der Waals surface area (Å²) in [7, 11) is 0. The van der Waals surface area contributed by atoms with Gasteiger partial charge in [0.1, 0.15) is 11.6 Å². The lowest BCUT2D eigenvalue weighted by atomic mass is 10.2. The minimum Gasteiger partial charge on any atom is -0.313 e. The van der Waals surface area contributed by atoms with Crippen LogP contribution >= 0.6 is 23.4 Å². The molecule has 3 nitrogen and oxygen atoms in total. The summed E-state index contributed by atoms with van der Waals surface area (Å²) < 4.78 is 30.1. The van der Waals surface area contributed by atoms with Crippen LogP contribution in [0, 0.1) is 11.6 Å². The van der Waals surface area contributed by atoms with Crippen molar-refractivity contribution in [2.24, 2.45) is 0 Å². The molecule has 2 aromatic carbocycles. The summed E-state index contributed by atoms with van der Waals surface area (Å²) in [6, 6.07) is 13.0. The second-order valence-electron chi connectivity index (χ2n) is 5.93. The van der Waals surface area contributed by atoms with Crippen LogP contribution in [0.25, 0.3) is 11.0 Å². The average molecular weight is 402 g/mol. The Morgan fingerprint density at radius 2 is 1.81 bits per heavy atom. The summed E-state index contributed by atoms with van der Waals surface area (Å²) in [6.45, 7) is 0.308. The van der Waals surface area contributed by atoms with Gasteiger partial charge in [-0.2, -0.15) is 0 Å². The van der Waals surface area contributed by atoms with E-state index in [1.165, 1.54) is 23.9 Å². The third kappa shape index (κ3) is 3.68. The molecule has 0 spiro atoms. The van der Waals surface area contributed by atoms with E-state index in [-0.39, 0.29) is 11.6 Å². The summed E-state index contributed by atoms with van der Waals surface area (Å²) in [5, 5.41) is 1.03. The summed E-state index contributed by atoms with van der Waals surface area (Å²) in [5.41, 5.74) is 2.52. The zero-order valence-corrected chi connectivity index (χ0v) is 15.6. The number of benzene rings is 2. The molecule has 0 saturated heterocycles. The monoisotopic (exact) mass is 401 g/mol. The van der Waals surface area contributed by atoms with Crippen LogP contribution in [0.4, 0.5) is 8.78 Å². The Bertz CT molecular complexity index is 1090. The van der Waals surface area contributed by atoms with Crippen molar-refractivity contribution in [2.75, 3.05) is 0 Å². The maximum atomic E-state index is 14.1. The Morgan fingerprint density at radius 1 is 1.00 bits per heavy atom. The lowest BCUT2D eigenvalue weighted by Crippen LogP contribution is -2.04. The summed E-state index contributed by atoms with van der Waals surface area (Å²) in [5.74, 6) is -0.315. The lowest BCUT2D eigenvalue weighted by molar-refractivity contribution is 0.593. The molecule has 2 heterocycles. The van der Waals surface area contributed by atoms with Crippen LogP contribution in [0.3, 0.4) is 0 Å². The molecular formula is C20H14ClF2N3S. The highest BCUT2D eigenvalue weighted by molar-refractivity contribution is 7.98. The van der Waals surface area contributed by atoms with Crippen molar-refractivity contribution in [3.8, 4) is 0 Å². The number of pyridine rings is 1. The van der Waals surface area contributed by atoms with Crippen LogP contribution in [0.15, 0.2) is 66.1 Å². The molecule has 0 fully saturated rings. The molecular weight excluding hydrogens is 388 g/mol. The van der Waals surface area contributed by atoms with Gasteiger partial charge in [0, 0.05) is 28.1 Å². The standard InChI is InChI=1S/C20H14ClF2N3S/c21-15-5-3-7-17(23)14(15)12-27-20-25-18-8-9-24-10-19(18)26(20)11-13-4-1-2-6-16(13)22/h1-10H,11-12H2. The second-order valence-corrected chi connectivity index (χ2v) is 7.27. The molecule has 0 aliphatic carbocycles. The number of thioether (sulfide) groups is 1. The zero-order chi connectivity index (χ0) is 18.8. The number of hydrogen-bond acceptors (Lipinski definition) is 3. The van der Waals surface area contributed by atoms with Crippen molar-refractivity contribution in [2.45, 2.75) is 17.5 Å². The Morgan fingerprint density at radius 3 is 2.63 bits per heavy atom. The van der Waals surface area contributed by atoms with Gasteiger partial charge in [-0.05, 0) is 24.3 Å². The molecule has 0 aliphatic rings. The third-order valence-electron chi connectivity index (χ3n) is 4.21. The molecule has 0 saturated carbocycles. The SMILES string of the molecule is Fc1ccccc1Cn1c(SCc2c(F)cccc2Cl)nc2ccncc21. The zero-order valence-electron chi connectivity index (χ0n) is 14.1. The Hall–Kier alpha value is -2.44. The molecule has 0 aliphatic heterocycles. The van der Waals surface area contributed by atoms with Gasteiger partial charge in [0.2, 0.25) is 0 Å². The number of hydrogen-bond donors (Lipinski definition) is 0. The summed E-state index contributed by atoms with van der Waals surface area (Å²) in [6.07, 6.45) is 3.36. The Labute approximate surface area is 164 Å². The molecule has 0 radical (unpaired) electrons. The summed E-state index contributed by atoms with van der Waals surface area (Å²) >= 11 is 7.48. The van der Waals surface area contributed by atoms with E-state index in [0.717, 1.165) is 11.0 Å². The van der Waals surface area contributed by atoms with Gasteiger partial charge in [-0.1, -0.05) is 47.6 Å². The van der Waals surface area contributed by atoms with Crippen LogP contribution in [-0.2, 0) is 12.3 Å². The van der Waals surface area contributed by atoms with Crippen LogP contribution in [-0.4, -0.2) is 14.5 Å². The van der Waals surface area contributed by atoms with Crippen molar-refractivity contribution in [1.82, 2.24) is 14.5 Å². The van der Waals surface area contributed by atoms with Crippen molar-refractivity contribution >= 4 is 34.4 Å². The Balaban J connectivity index is 1.71. The molecule has 4 rings (SSSR count). The lowest BCUT2D eigenvalue weighted by Gasteiger charge is -2.10. The quantitative estimate of drug-likeness (QED) is 0.402. The number of imidazole rings is 1. The highest BCUT2D eigenvalue weighted by Crippen LogP contribution is 2.31. The molecule has 0 amide bonds. The first kappa shape index (κ1) is 17.9. The number of fused-ring (bicyclic) bond motifs is 1. The van der Waals surface area contributed by atoms with E-state index in [1.54, 1.807) is 48.8 Å². The number of rotatable bonds is 5. The predicted molar refractivity (Wildman–Crippen MR) is 104 cm³/mol. The van der Waals surface area contributed by atoms with E-state index < -0.39 is 0 Å². The third-order valence-corrected chi connectivity index (χ3v) is 5.57. The van der Waals surface area contributed by atoms with Gasteiger partial charge < -0.3 is 4.57 Å². The number of nitrogens with zero attached hydrogens (tertiary/aromatic N) is 3. The molecule has 0 unspecified atom stereocenters. The molecule has 136 valence electrons. The van der Waals surface area contributed by atoms with Crippen molar-refractivity contribution in [3.05, 3.63) is 88.7 Å². The molecule has 0 bridgehead atoms. The molecule has 4 aromatic rings. The maximum absolute atomic E-state index is 14.1. The predicted octanol–water partition coefficient (Wildman–Crippen LogP) is 5.70. The van der Waals surface area contributed by atoms with Crippen LogP contribution < -0.4 is 0 Å². The van der Waals surface area contributed by atoms with Crippen LogP contribution in [0.2, 0.25) is 5.02 Å². The maximum Gasteiger partial charge on any atom is 0.169 e. The highest BCUT2D eigenvalue weighted by Gasteiger charge is 2.15. The molecule has 7 heteroatoms. The van der Waals surface area contributed by atoms with Crippen molar-refractivity contribution in [1.29, 1.82) is 0 Å². The average Bonchev–Trinajstić information content (AvgIpc) is 3.01. The second kappa shape index (κ2) is 7.66. The first-order valence-electron chi connectivity index (χ1n) is 8.23. The first-order chi connectivity index (χ1) is 13.1. The number of aromatic nitrogens is 3. The molecule has 0 N–H and O–H groups in total. The fourth-order valence-corrected chi connectivity index (χ4v) is 4.17. The topological polar surface area (TPSA) is 30.7 Å². The van der Waals surface area contributed by atoms with E-state index in [2.05, 4.69) is 9.97 Å². The van der Waals surface area contributed by atoms with E-state index >= 15 is 0 Å². The van der Waals surface area contributed by atoms with Crippen LogP contribution in [0.1, 0.15) is 11.1 Å². The van der Waals surface area contributed by atoms with E-state index in [9.17, 15) is 8.78 Å². The largest absolute Gasteiger partial charge is 0.313 e. The summed E-state index contributed by atoms with van der Waals surface area (Å²) in [4.78, 5) is 8.76. The van der Waals surface area contributed by atoms with Crippen LogP contribution in [0.5, 0.6) is 0 Å². The Kier molecular flexibility index (Phi) is 5.09. The molecule has 0 atom stereocenters. The van der Waals surface area contributed by atoms with Gasteiger partial charge in [-0.25, -0.2) is 13.8 Å². The normalized spacial score (nSPS) is 11.2. The van der Waals surface area contributed by atoms with Crippen molar-refractivity contribution in [3.63, 3.8) is 0 Å². The van der Waals surface area contributed by atoms with E-state index in [4.69, 9.17) is 11.6 Å². The van der Waals surface area contributed by atoms with E-state index in [1.807, 2.05) is 4.57 Å². The fourth-order valence-electron chi connectivity index (χ4n) is 2.81. The smallest absolute Gasteiger partial charge is 0.169 e. The van der Waals surface area contributed by atoms with Gasteiger partial charge in [0.25, 0.3) is 0 Å². The van der Waals surface area contributed by atoms with Gasteiger partial charge in [0.15, 0.2) is 5.16 Å². The highest BCUT2D eigenvalue weighted by atomic mass is 35.5. The molecule has 2 aromatic heterocycles. The first-order valence-corrected chi connectivity index (χ1v) is 9.59. The van der Waals surface area contributed by atoms with Gasteiger partial charge in [-0.3, -0.25) is 4.98 Å². The minimum absolute atomic E-state index is 0.281. The molecule has 27 heavy (non-hydrogen) atoms.